The van der Waals surface area contributed by atoms with Gasteiger partial charge in [0.2, 0.25) is 5.82 Å². The third-order valence-electron chi connectivity index (χ3n) is 3.24. The first-order chi connectivity index (χ1) is 10.3. The van der Waals surface area contributed by atoms with Crippen molar-refractivity contribution in [3.63, 3.8) is 0 Å². The summed E-state index contributed by atoms with van der Waals surface area (Å²) in [4.78, 5) is 11.9. The molecule has 3 rings (SSSR count). The number of H-pyrrole nitrogens is 1. The topological polar surface area (TPSA) is 105 Å². The van der Waals surface area contributed by atoms with Gasteiger partial charge in [-0.25, -0.2) is 0 Å². The molecule has 110 valence electrons. The zero-order chi connectivity index (χ0) is 14.5. The summed E-state index contributed by atoms with van der Waals surface area (Å²) in [5, 5.41) is 19.8. The van der Waals surface area contributed by atoms with E-state index in [-0.39, 0.29) is 5.91 Å². The molecule has 0 radical (unpaired) electrons. The summed E-state index contributed by atoms with van der Waals surface area (Å²) in [5.74, 6) is 0.455. The normalized spacial score (nSPS) is 18.4. The predicted molar refractivity (Wildman–Crippen MR) is 74.1 cm³/mol. The number of morpholine rings is 1. The van der Waals surface area contributed by atoms with Crippen molar-refractivity contribution in [1.82, 2.24) is 31.3 Å². The maximum atomic E-state index is 11.9. The zero-order valence-electron chi connectivity index (χ0n) is 11.4. The molecule has 0 saturated carbocycles. The average molecular weight is 288 g/mol. The molecule has 1 aromatic carbocycles. The van der Waals surface area contributed by atoms with E-state index in [2.05, 4.69) is 31.3 Å². The van der Waals surface area contributed by atoms with E-state index in [0.717, 1.165) is 17.7 Å². The Kier molecular flexibility index (Phi) is 4.17. The summed E-state index contributed by atoms with van der Waals surface area (Å²) in [6, 6.07) is 7.63. The standard InChI is InChI=1S/C13H16N6O2/c20-13(11-8-14-5-6-21-11)15-7-9-1-3-10(4-2-9)12-16-18-19-17-12/h1-4,11,14H,5-8H2,(H,15,20)(H,16,17,18,19)/t11-/m1/s1. The molecule has 1 aromatic heterocycles. The minimum Gasteiger partial charge on any atom is -0.366 e. The van der Waals surface area contributed by atoms with E-state index in [1.165, 1.54) is 0 Å². The molecule has 2 heterocycles. The van der Waals surface area contributed by atoms with Crippen molar-refractivity contribution in [3.8, 4) is 11.4 Å². The molecule has 8 heteroatoms. The van der Waals surface area contributed by atoms with Crippen LogP contribution in [0.4, 0.5) is 0 Å². The number of tetrazole rings is 1. The van der Waals surface area contributed by atoms with Crippen molar-refractivity contribution < 1.29 is 9.53 Å². The molecule has 8 nitrogen and oxygen atoms in total. The predicted octanol–water partition coefficient (Wildman–Crippen LogP) is -0.529. The summed E-state index contributed by atoms with van der Waals surface area (Å²) in [7, 11) is 0. The number of carbonyl (C=O) groups is 1. The molecule has 1 aliphatic rings. The van der Waals surface area contributed by atoms with Crippen molar-refractivity contribution in [3.05, 3.63) is 29.8 Å². The first-order valence-electron chi connectivity index (χ1n) is 6.76. The number of nitrogens with zero attached hydrogens (tertiary/aromatic N) is 3. The Morgan fingerprint density at radius 3 is 2.90 bits per heavy atom. The summed E-state index contributed by atoms with van der Waals surface area (Å²) < 4.78 is 5.39. The van der Waals surface area contributed by atoms with Gasteiger partial charge >= 0.3 is 0 Å². The summed E-state index contributed by atoms with van der Waals surface area (Å²) in [5.41, 5.74) is 1.87. The van der Waals surface area contributed by atoms with E-state index in [9.17, 15) is 4.79 Å². The monoisotopic (exact) mass is 288 g/mol. The van der Waals surface area contributed by atoms with Gasteiger partial charge in [-0.3, -0.25) is 4.79 Å². The van der Waals surface area contributed by atoms with Crippen molar-refractivity contribution >= 4 is 5.91 Å². The highest BCUT2D eigenvalue weighted by Crippen LogP contribution is 2.13. The van der Waals surface area contributed by atoms with Crippen LogP contribution in [0.3, 0.4) is 0 Å². The molecule has 0 bridgehead atoms. The van der Waals surface area contributed by atoms with Gasteiger partial charge in [0.15, 0.2) is 0 Å². The highest BCUT2D eigenvalue weighted by molar-refractivity contribution is 5.81. The van der Waals surface area contributed by atoms with Gasteiger partial charge < -0.3 is 15.4 Å². The molecule has 0 spiro atoms. The smallest absolute Gasteiger partial charge is 0.250 e. The Labute approximate surface area is 121 Å². The van der Waals surface area contributed by atoms with Crippen LogP contribution in [0.2, 0.25) is 0 Å². The average Bonchev–Trinajstić information content (AvgIpc) is 3.08. The number of benzene rings is 1. The van der Waals surface area contributed by atoms with Gasteiger partial charge in [-0.05, 0) is 10.8 Å². The highest BCUT2D eigenvalue weighted by Gasteiger charge is 2.21. The number of amides is 1. The highest BCUT2D eigenvalue weighted by atomic mass is 16.5. The second kappa shape index (κ2) is 6.42. The van der Waals surface area contributed by atoms with Crippen molar-refractivity contribution in [2.45, 2.75) is 12.6 Å². The van der Waals surface area contributed by atoms with Gasteiger partial charge in [0.1, 0.15) is 6.10 Å². The van der Waals surface area contributed by atoms with E-state index in [0.29, 0.717) is 25.5 Å². The van der Waals surface area contributed by atoms with Gasteiger partial charge in [0, 0.05) is 25.2 Å². The molecule has 1 amide bonds. The van der Waals surface area contributed by atoms with Crippen LogP contribution in [0.25, 0.3) is 11.4 Å². The van der Waals surface area contributed by atoms with E-state index in [4.69, 9.17) is 4.74 Å². The summed E-state index contributed by atoms with van der Waals surface area (Å²) in [6.07, 6.45) is -0.405. The largest absolute Gasteiger partial charge is 0.366 e. The molecule has 1 atom stereocenters. The van der Waals surface area contributed by atoms with Crippen LogP contribution in [0.1, 0.15) is 5.56 Å². The first kappa shape index (κ1) is 13.7. The van der Waals surface area contributed by atoms with E-state index in [1.807, 2.05) is 24.3 Å². The van der Waals surface area contributed by atoms with E-state index in [1.54, 1.807) is 0 Å². The van der Waals surface area contributed by atoms with E-state index < -0.39 is 6.10 Å². The molecule has 1 fully saturated rings. The number of hydrogen-bond acceptors (Lipinski definition) is 6. The van der Waals surface area contributed by atoms with Crippen LogP contribution in [-0.4, -0.2) is 52.3 Å². The molecule has 0 aliphatic carbocycles. The number of ether oxygens (including phenoxy) is 1. The maximum Gasteiger partial charge on any atom is 0.250 e. The Morgan fingerprint density at radius 2 is 2.24 bits per heavy atom. The molecule has 1 aliphatic heterocycles. The van der Waals surface area contributed by atoms with Gasteiger partial charge in [-0.15, -0.1) is 10.2 Å². The third-order valence-corrected chi connectivity index (χ3v) is 3.24. The number of rotatable bonds is 4. The van der Waals surface area contributed by atoms with Gasteiger partial charge in [0.05, 0.1) is 6.61 Å². The van der Waals surface area contributed by atoms with Crippen molar-refractivity contribution in [1.29, 1.82) is 0 Å². The number of nitrogens with one attached hydrogen (secondary N) is 3. The lowest BCUT2D eigenvalue weighted by molar-refractivity contribution is -0.134. The van der Waals surface area contributed by atoms with Crippen LogP contribution in [0.15, 0.2) is 24.3 Å². The molecule has 21 heavy (non-hydrogen) atoms. The molecular formula is C13H16N6O2. The fraction of sp³-hybridized carbons (Fsp3) is 0.385. The van der Waals surface area contributed by atoms with E-state index >= 15 is 0 Å². The van der Waals surface area contributed by atoms with Crippen LogP contribution in [0.5, 0.6) is 0 Å². The molecule has 1 saturated heterocycles. The SMILES string of the molecule is O=C(NCc1ccc(-c2nn[nH]n2)cc1)[C@H]1CNCCO1. The van der Waals surface area contributed by atoms with Crippen molar-refractivity contribution in [2.75, 3.05) is 19.7 Å². The zero-order valence-corrected chi connectivity index (χ0v) is 11.4. The van der Waals surface area contributed by atoms with Gasteiger partial charge in [-0.2, -0.15) is 5.21 Å². The van der Waals surface area contributed by atoms with Crippen LogP contribution in [-0.2, 0) is 16.1 Å². The summed E-state index contributed by atoms with van der Waals surface area (Å²) in [6.45, 7) is 2.38. The third kappa shape index (κ3) is 3.41. The lowest BCUT2D eigenvalue weighted by Crippen LogP contribution is -2.47. The lowest BCUT2D eigenvalue weighted by Gasteiger charge is -2.22. The van der Waals surface area contributed by atoms with Crippen LogP contribution in [0, 0.1) is 0 Å². The van der Waals surface area contributed by atoms with Crippen LogP contribution < -0.4 is 10.6 Å². The summed E-state index contributed by atoms with van der Waals surface area (Å²) >= 11 is 0. The fourth-order valence-electron chi connectivity index (χ4n) is 2.09. The second-order valence-electron chi connectivity index (χ2n) is 4.71. The van der Waals surface area contributed by atoms with Crippen LogP contribution >= 0.6 is 0 Å². The fourth-order valence-corrected chi connectivity index (χ4v) is 2.09. The quantitative estimate of drug-likeness (QED) is 0.698. The number of carbonyl (C=O) groups excluding carboxylic acids is 1. The Morgan fingerprint density at radius 1 is 1.38 bits per heavy atom. The number of aromatic amines is 1. The number of aromatic nitrogens is 4. The van der Waals surface area contributed by atoms with Gasteiger partial charge in [-0.1, -0.05) is 24.3 Å². The maximum absolute atomic E-state index is 11.9. The Bertz CT molecular complexity index is 577. The van der Waals surface area contributed by atoms with Crippen molar-refractivity contribution in [2.24, 2.45) is 0 Å². The Balaban J connectivity index is 1.54. The molecule has 3 N–H and O–H groups in total. The lowest BCUT2D eigenvalue weighted by atomic mass is 10.1. The second-order valence-corrected chi connectivity index (χ2v) is 4.71. The number of hydrogen-bond donors (Lipinski definition) is 3. The minimum absolute atomic E-state index is 0.0931. The molecular weight excluding hydrogens is 272 g/mol. The Hall–Kier alpha value is -2.32. The van der Waals surface area contributed by atoms with Gasteiger partial charge in [0.25, 0.3) is 5.91 Å². The molecule has 0 unspecified atom stereocenters. The molecule has 2 aromatic rings. The minimum atomic E-state index is -0.405. The first-order valence-corrected chi connectivity index (χ1v) is 6.76.